The lowest BCUT2D eigenvalue weighted by Gasteiger charge is -2.05. The maximum Gasteiger partial charge on any atom is 0.268 e. The van der Waals surface area contributed by atoms with Crippen LogP contribution in [0.2, 0.25) is 0 Å². The van der Waals surface area contributed by atoms with Crippen LogP contribution in [0.3, 0.4) is 0 Å². The van der Waals surface area contributed by atoms with Gasteiger partial charge in [-0.05, 0) is 30.7 Å². The quantitative estimate of drug-likeness (QED) is 0.756. The largest absolute Gasteiger partial charge is 0.494 e. The number of nitrogens with zero attached hydrogens (tertiary/aromatic N) is 2. The van der Waals surface area contributed by atoms with Crippen molar-refractivity contribution >= 4 is 12.3 Å². The number of hydrogen-bond acceptors (Lipinski definition) is 4. The summed E-state index contributed by atoms with van der Waals surface area (Å²) in [5.41, 5.74) is 0.909. The van der Waals surface area contributed by atoms with E-state index < -0.39 is 5.56 Å². The number of H-pyrrole nitrogens is 1. The van der Waals surface area contributed by atoms with Crippen molar-refractivity contribution in [3.05, 3.63) is 44.9 Å². The molecule has 0 fully saturated rings. The van der Waals surface area contributed by atoms with Crippen LogP contribution in [-0.4, -0.2) is 16.3 Å². The number of aliphatic imine (C=N–C) groups is 1. The standard InChI is InChI=1S/C12H9N3O2/c1-7-9(5-8-3-2-4-14-8)11(16)15-12(17)10(7)6-13/h2-5H,1H3,(H2,15,16,17)/b8-5+. The smallest absolute Gasteiger partial charge is 0.268 e. The van der Waals surface area contributed by atoms with Crippen LogP contribution in [0.4, 0.5) is 0 Å². The fourth-order valence-corrected chi connectivity index (χ4v) is 1.58. The highest BCUT2D eigenvalue weighted by Crippen LogP contribution is 2.23. The van der Waals surface area contributed by atoms with Gasteiger partial charge in [-0.2, -0.15) is 5.26 Å². The molecule has 2 rings (SSSR count). The first-order chi connectivity index (χ1) is 8.13. The summed E-state index contributed by atoms with van der Waals surface area (Å²) < 4.78 is 0. The van der Waals surface area contributed by atoms with E-state index in [9.17, 15) is 9.90 Å². The van der Waals surface area contributed by atoms with E-state index in [1.165, 1.54) is 0 Å². The third kappa shape index (κ3) is 1.88. The van der Waals surface area contributed by atoms with Gasteiger partial charge in [0.2, 0.25) is 0 Å². The minimum atomic E-state index is -0.588. The van der Waals surface area contributed by atoms with Crippen LogP contribution in [0.5, 0.6) is 5.88 Å². The van der Waals surface area contributed by atoms with Crippen LogP contribution in [0.25, 0.3) is 6.08 Å². The van der Waals surface area contributed by atoms with Gasteiger partial charge in [0.05, 0.1) is 5.70 Å². The summed E-state index contributed by atoms with van der Waals surface area (Å²) in [6.45, 7) is 1.61. The van der Waals surface area contributed by atoms with Crippen molar-refractivity contribution in [3.8, 4) is 11.9 Å². The molecule has 0 radical (unpaired) electrons. The molecule has 0 unspecified atom stereocenters. The second-order valence-corrected chi connectivity index (χ2v) is 3.53. The average molecular weight is 227 g/mol. The Kier molecular flexibility index (Phi) is 2.63. The highest BCUT2D eigenvalue weighted by atomic mass is 16.3. The second kappa shape index (κ2) is 4.10. The minimum Gasteiger partial charge on any atom is -0.494 e. The Morgan fingerprint density at radius 1 is 1.59 bits per heavy atom. The molecule has 0 saturated heterocycles. The predicted octanol–water partition coefficient (Wildman–Crippen LogP) is 1.24. The highest BCUT2D eigenvalue weighted by Gasteiger charge is 2.12. The molecule has 5 nitrogen and oxygen atoms in total. The van der Waals surface area contributed by atoms with E-state index in [4.69, 9.17) is 5.26 Å². The molecule has 0 atom stereocenters. The third-order valence-electron chi connectivity index (χ3n) is 2.47. The van der Waals surface area contributed by atoms with E-state index in [1.807, 2.05) is 6.07 Å². The second-order valence-electron chi connectivity index (χ2n) is 3.53. The van der Waals surface area contributed by atoms with Crippen LogP contribution >= 0.6 is 0 Å². The SMILES string of the molecule is Cc1c(/C=C2\C=CC=N2)c(O)[nH]c(=O)c1C#N. The Morgan fingerprint density at radius 2 is 2.35 bits per heavy atom. The summed E-state index contributed by atoms with van der Waals surface area (Å²) in [5, 5.41) is 18.5. The van der Waals surface area contributed by atoms with Gasteiger partial charge in [0.15, 0.2) is 5.88 Å². The average Bonchev–Trinajstić information content (AvgIpc) is 2.77. The lowest BCUT2D eigenvalue weighted by molar-refractivity contribution is 0.449. The molecule has 0 aliphatic carbocycles. The molecule has 2 N–H and O–H groups in total. The molecule has 1 aromatic rings. The highest BCUT2D eigenvalue weighted by molar-refractivity contribution is 5.80. The number of aromatic nitrogens is 1. The maximum atomic E-state index is 11.4. The van der Waals surface area contributed by atoms with Crippen molar-refractivity contribution in [3.63, 3.8) is 0 Å². The zero-order valence-electron chi connectivity index (χ0n) is 9.06. The van der Waals surface area contributed by atoms with Crippen molar-refractivity contribution in [2.24, 2.45) is 4.99 Å². The first-order valence-corrected chi connectivity index (χ1v) is 4.92. The number of aromatic hydroxyl groups is 1. The van der Waals surface area contributed by atoms with Crippen LogP contribution in [0.1, 0.15) is 16.7 Å². The van der Waals surface area contributed by atoms with Crippen LogP contribution < -0.4 is 5.56 Å². The lowest BCUT2D eigenvalue weighted by atomic mass is 10.0. The first-order valence-electron chi connectivity index (χ1n) is 4.92. The molecule has 0 saturated carbocycles. The number of rotatable bonds is 1. The molecule has 1 aromatic heterocycles. The van der Waals surface area contributed by atoms with Gasteiger partial charge in [-0.3, -0.25) is 14.8 Å². The normalized spacial score (nSPS) is 15.4. The molecule has 17 heavy (non-hydrogen) atoms. The van der Waals surface area contributed by atoms with Gasteiger partial charge in [0, 0.05) is 11.8 Å². The summed E-state index contributed by atoms with van der Waals surface area (Å²) in [5.74, 6) is -0.255. The van der Waals surface area contributed by atoms with E-state index in [-0.39, 0.29) is 11.4 Å². The Bertz CT molecular complexity index is 644. The van der Waals surface area contributed by atoms with E-state index in [2.05, 4.69) is 9.98 Å². The summed E-state index contributed by atoms with van der Waals surface area (Å²) in [4.78, 5) is 17.6. The fraction of sp³-hybridized carbons (Fsp3) is 0.0833. The third-order valence-corrected chi connectivity index (χ3v) is 2.47. The predicted molar refractivity (Wildman–Crippen MR) is 63.8 cm³/mol. The number of allylic oxidation sites excluding steroid dienone is 2. The van der Waals surface area contributed by atoms with Crippen LogP contribution in [0.15, 0.2) is 27.6 Å². The number of aromatic amines is 1. The van der Waals surface area contributed by atoms with E-state index >= 15 is 0 Å². The van der Waals surface area contributed by atoms with Crippen molar-refractivity contribution in [1.82, 2.24) is 4.98 Å². The Morgan fingerprint density at radius 3 is 2.94 bits per heavy atom. The number of nitrogens with one attached hydrogen (secondary N) is 1. The van der Waals surface area contributed by atoms with Crippen molar-refractivity contribution < 1.29 is 5.11 Å². The van der Waals surface area contributed by atoms with Gasteiger partial charge in [0.25, 0.3) is 5.56 Å². The molecule has 0 amide bonds. The summed E-state index contributed by atoms with van der Waals surface area (Å²) in [6, 6.07) is 1.82. The summed E-state index contributed by atoms with van der Waals surface area (Å²) in [6.07, 6.45) is 6.75. The molecule has 5 heteroatoms. The molecule has 0 spiro atoms. The van der Waals surface area contributed by atoms with Crippen LogP contribution in [-0.2, 0) is 0 Å². The number of pyridine rings is 1. The van der Waals surface area contributed by atoms with E-state index in [0.29, 0.717) is 16.8 Å². The molecule has 84 valence electrons. The van der Waals surface area contributed by atoms with Gasteiger partial charge in [-0.1, -0.05) is 0 Å². The maximum absolute atomic E-state index is 11.4. The van der Waals surface area contributed by atoms with Gasteiger partial charge < -0.3 is 5.11 Å². The van der Waals surface area contributed by atoms with Gasteiger partial charge >= 0.3 is 0 Å². The minimum absolute atomic E-state index is 0.000561. The van der Waals surface area contributed by atoms with Gasteiger partial charge in [-0.15, -0.1) is 0 Å². The topological polar surface area (TPSA) is 89.2 Å². The lowest BCUT2D eigenvalue weighted by Crippen LogP contribution is -2.13. The molecular weight excluding hydrogens is 218 g/mol. The zero-order chi connectivity index (χ0) is 12.4. The summed E-state index contributed by atoms with van der Waals surface area (Å²) >= 11 is 0. The van der Waals surface area contributed by atoms with Crippen molar-refractivity contribution in [1.29, 1.82) is 5.26 Å². The Balaban J connectivity index is 2.67. The number of nitriles is 1. The van der Waals surface area contributed by atoms with Gasteiger partial charge in [0.1, 0.15) is 11.6 Å². The molecular formula is C12H9N3O2. The molecule has 1 aliphatic heterocycles. The monoisotopic (exact) mass is 227 g/mol. The van der Waals surface area contributed by atoms with Crippen molar-refractivity contribution in [2.75, 3.05) is 0 Å². The number of hydrogen-bond donors (Lipinski definition) is 2. The molecule has 0 bridgehead atoms. The van der Waals surface area contributed by atoms with E-state index in [1.54, 1.807) is 31.4 Å². The van der Waals surface area contributed by atoms with Crippen molar-refractivity contribution in [2.45, 2.75) is 6.92 Å². The van der Waals surface area contributed by atoms with E-state index in [0.717, 1.165) is 0 Å². The fourth-order valence-electron chi connectivity index (χ4n) is 1.58. The molecule has 0 aromatic carbocycles. The first kappa shape index (κ1) is 10.9. The molecule has 2 heterocycles. The molecule has 1 aliphatic rings. The Labute approximate surface area is 97.1 Å². The Hall–Kier alpha value is -2.61. The van der Waals surface area contributed by atoms with Crippen LogP contribution in [0, 0.1) is 18.3 Å². The zero-order valence-corrected chi connectivity index (χ0v) is 9.06. The van der Waals surface area contributed by atoms with Gasteiger partial charge in [-0.25, -0.2) is 0 Å². The summed E-state index contributed by atoms with van der Waals surface area (Å²) in [7, 11) is 0.